The molecule has 0 aliphatic rings. The molecule has 0 radical (unpaired) electrons. The molecule has 1 amide bonds. The molecule has 0 unspecified atom stereocenters. The van der Waals surface area contributed by atoms with Crippen LogP contribution in [-0.4, -0.2) is 37.0 Å². The van der Waals surface area contributed by atoms with Crippen LogP contribution < -0.4 is 14.8 Å². The fourth-order valence-electron chi connectivity index (χ4n) is 3.78. The van der Waals surface area contributed by atoms with Gasteiger partial charge in [-0.3, -0.25) is 4.79 Å². The Balaban J connectivity index is 1.43. The van der Waals surface area contributed by atoms with Crippen LogP contribution >= 0.6 is 11.3 Å². The molecular weight excluding hydrogens is 458 g/mol. The highest BCUT2D eigenvalue weighted by atomic mass is 32.1. The highest BCUT2D eigenvalue weighted by molar-refractivity contribution is 7.07. The maximum absolute atomic E-state index is 12.9. The van der Waals surface area contributed by atoms with E-state index >= 15 is 0 Å². The van der Waals surface area contributed by atoms with Gasteiger partial charge in [0.15, 0.2) is 11.5 Å². The van der Waals surface area contributed by atoms with Crippen LogP contribution in [0.1, 0.15) is 27.2 Å². The second-order valence-corrected chi connectivity index (χ2v) is 9.13. The molecule has 0 fully saturated rings. The van der Waals surface area contributed by atoms with Crippen LogP contribution in [0, 0.1) is 0 Å². The Bertz CT molecular complexity index is 1250. The summed E-state index contributed by atoms with van der Waals surface area (Å²) in [5.74, 6) is 0.900. The van der Waals surface area contributed by atoms with Gasteiger partial charge in [-0.2, -0.15) is 0 Å². The smallest absolute Gasteiger partial charge is 0.251 e. The van der Waals surface area contributed by atoms with Crippen LogP contribution in [0.4, 0.5) is 0 Å². The van der Waals surface area contributed by atoms with Gasteiger partial charge in [-0.15, -0.1) is 11.3 Å². The Morgan fingerprint density at radius 3 is 2.54 bits per heavy atom. The number of carbonyl (C=O) groups is 1. The van der Waals surface area contributed by atoms with E-state index in [2.05, 4.69) is 59.6 Å². The Morgan fingerprint density at radius 1 is 1.03 bits per heavy atom. The number of rotatable bonds is 10. The zero-order chi connectivity index (χ0) is 24.6. The highest BCUT2D eigenvalue weighted by Crippen LogP contribution is 2.29. The Labute approximate surface area is 210 Å². The van der Waals surface area contributed by atoms with E-state index in [4.69, 9.17) is 9.47 Å². The van der Waals surface area contributed by atoms with Crippen LogP contribution in [-0.2, 0) is 19.7 Å². The number of benzene rings is 3. The summed E-state index contributed by atoms with van der Waals surface area (Å²) in [6.45, 7) is 1.66. The maximum Gasteiger partial charge on any atom is 0.251 e. The number of thiazole rings is 1. The molecule has 3 aromatic carbocycles. The van der Waals surface area contributed by atoms with Gasteiger partial charge in [-0.1, -0.05) is 48.5 Å². The van der Waals surface area contributed by atoms with Crippen LogP contribution in [0.5, 0.6) is 11.5 Å². The van der Waals surface area contributed by atoms with Gasteiger partial charge in [-0.05, 0) is 54.5 Å². The molecule has 180 valence electrons. The first kappa shape index (κ1) is 24.4. The lowest BCUT2D eigenvalue weighted by atomic mass is 9.98. The number of nitrogens with zero attached hydrogens (tertiary/aromatic N) is 2. The van der Waals surface area contributed by atoms with E-state index in [0.717, 1.165) is 28.9 Å². The minimum atomic E-state index is -0.175. The monoisotopic (exact) mass is 487 g/mol. The summed E-state index contributed by atoms with van der Waals surface area (Å²) in [7, 11) is 5.68. The van der Waals surface area contributed by atoms with E-state index in [1.807, 2.05) is 23.6 Å². The number of ether oxygens (including phenoxy) is 2. The zero-order valence-corrected chi connectivity index (χ0v) is 21.0. The van der Waals surface area contributed by atoms with Gasteiger partial charge in [0.25, 0.3) is 5.91 Å². The van der Waals surface area contributed by atoms with Crippen LogP contribution in [0.3, 0.4) is 0 Å². The number of amides is 1. The van der Waals surface area contributed by atoms with E-state index in [-0.39, 0.29) is 5.91 Å². The molecule has 6 nitrogen and oxygen atoms in total. The molecule has 0 saturated carbocycles. The minimum absolute atomic E-state index is 0.175. The summed E-state index contributed by atoms with van der Waals surface area (Å²) in [4.78, 5) is 19.3. The SMILES string of the molecule is COc1cc(C(=O)NCc2ccccc2-c2ccc(CN(C)C)cc2)ccc1OCc1cscn1. The number of aromatic nitrogens is 1. The average Bonchev–Trinajstić information content (AvgIpc) is 3.40. The average molecular weight is 488 g/mol. The molecule has 35 heavy (non-hydrogen) atoms. The van der Waals surface area contributed by atoms with Gasteiger partial charge in [0.2, 0.25) is 0 Å². The third-order valence-corrected chi connectivity index (χ3v) is 6.14. The second kappa shape index (κ2) is 11.6. The minimum Gasteiger partial charge on any atom is -0.493 e. The maximum atomic E-state index is 12.9. The topological polar surface area (TPSA) is 63.7 Å². The Kier molecular flexibility index (Phi) is 8.13. The van der Waals surface area contributed by atoms with Crippen molar-refractivity contribution < 1.29 is 14.3 Å². The van der Waals surface area contributed by atoms with Gasteiger partial charge >= 0.3 is 0 Å². The first-order chi connectivity index (χ1) is 17.0. The first-order valence-corrected chi connectivity index (χ1v) is 12.3. The summed E-state index contributed by atoms with van der Waals surface area (Å²) in [6, 6.07) is 21.9. The van der Waals surface area contributed by atoms with Crippen molar-refractivity contribution in [3.8, 4) is 22.6 Å². The quantitative estimate of drug-likeness (QED) is 0.325. The summed E-state index contributed by atoms with van der Waals surface area (Å²) in [5.41, 5.74) is 7.67. The first-order valence-electron chi connectivity index (χ1n) is 11.3. The van der Waals surface area contributed by atoms with Crippen molar-refractivity contribution in [1.29, 1.82) is 0 Å². The predicted octanol–water partition coefficient (Wildman–Crippen LogP) is 5.39. The lowest BCUT2D eigenvalue weighted by molar-refractivity contribution is 0.0950. The summed E-state index contributed by atoms with van der Waals surface area (Å²) >= 11 is 1.52. The van der Waals surface area contributed by atoms with Crippen LogP contribution in [0.15, 0.2) is 77.6 Å². The predicted molar refractivity (Wildman–Crippen MR) is 140 cm³/mol. The number of hydrogen-bond donors (Lipinski definition) is 1. The molecule has 0 spiro atoms. The largest absolute Gasteiger partial charge is 0.493 e. The summed E-state index contributed by atoms with van der Waals surface area (Å²) in [5, 5.41) is 4.97. The number of methoxy groups -OCH3 is 1. The molecule has 7 heteroatoms. The van der Waals surface area contributed by atoms with Crippen molar-refractivity contribution in [1.82, 2.24) is 15.2 Å². The fourth-order valence-corrected chi connectivity index (χ4v) is 4.32. The van der Waals surface area contributed by atoms with Gasteiger partial charge in [-0.25, -0.2) is 4.98 Å². The van der Waals surface area contributed by atoms with E-state index in [0.29, 0.717) is 30.2 Å². The van der Waals surface area contributed by atoms with Gasteiger partial charge in [0.1, 0.15) is 6.61 Å². The van der Waals surface area contributed by atoms with Gasteiger partial charge < -0.3 is 19.7 Å². The molecule has 4 aromatic rings. The fraction of sp³-hybridized carbons (Fsp3) is 0.214. The van der Waals surface area contributed by atoms with Crippen molar-refractivity contribution in [3.05, 3.63) is 100 Å². The molecule has 1 N–H and O–H groups in total. The standard InChI is InChI=1S/C28H29N3O3S/c1-31(2)16-20-8-10-21(11-9-20)25-7-5-4-6-23(25)15-29-28(32)22-12-13-26(27(14-22)33-3)34-17-24-18-35-19-30-24/h4-14,18-19H,15-17H2,1-3H3,(H,29,32). The number of hydrogen-bond acceptors (Lipinski definition) is 6. The zero-order valence-electron chi connectivity index (χ0n) is 20.2. The molecule has 0 aliphatic carbocycles. The highest BCUT2D eigenvalue weighted by Gasteiger charge is 2.13. The summed E-state index contributed by atoms with van der Waals surface area (Å²) in [6.07, 6.45) is 0. The van der Waals surface area contributed by atoms with E-state index in [1.165, 1.54) is 16.9 Å². The molecule has 0 saturated heterocycles. The number of carbonyl (C=O) groups excluding carboxylic acids is 1. The van der Waals surface area contributed by atoms with Crippen LogP contribution in [0.25, 0.3) is 11.1 Å². The van der Waals surface area contributed by atoms with E-state index in [1.54, 1.807) is 30.8 Å². The molecule has 1 aromatic heterocycles. The van der Waals surface area contributed by atoms with Crippen molar-refractivity contribution in [2.45, 2.75) is 19.7 Å². The molecule has 0 aliphatic heterocycles. The Hall–Kier alpha value is -3.68. The second-order valence-electron chi connectivity index (χ2n) is 8.41. The van der Waals surface area contributed by atoms with Crippen molar-refractivity contribution in [2.75, 3.05) is 21.2 Å². The molecule has 4 rings (SSSR count). The Morgan fingerprint density at radius 2 is 1.83 bits per heavy atom. The van der Waals surface area contributed by atoms with Crippen molar-refractivity contribution >= 4 is 17.2 Å². The summed E-state index contributed by atoms with van der Waals surface area (Å²) < 4.78 is 11.3. The third-order valence-electron chi connectivity index (χ3n) is 5.51. The molecule has 0 bridgehead atoms. The molecule has 1 heterocycles. The van der Waals surface area contributed by atoms with E-state index < -0.39 is 0 Å². The number of nitrogens with one attached hydrogen (secondary N) is 1. The van der Waals surface area contributed by atoms with E-state index in [9.17, 15) is 4.79 Å². The van der Waals surface area contributed by atoms with Crippen LogP contribution in [0.2, 0.25) is 0 Å². The van der Waals surface area contributed by atoms with Crippen molar-refractivity contribution in [2.24, 2.45) is 0 Å². The molecule has 0 atom stereocenters. The normalized spacial score (nSPS) is 10.9. The lowest BCUT2D eigenvalue weighted by Crippen LogP contribution is -2.23. The third kappa shape index (κ3) is 6.47. The molecular formula is C28H29N3O3S. The van der Waals surface area contributed by atoms with Crippen molar-refractivity contribution in [3.63, 3.8) is 0 Å². The lowest BCUT2D eigenvalue weighted by Gasteiger charge is -2.14. The van der Waals surface area contributed by atoms with Gasteiger partial charge in [0, 0.05) is 24.0 Å². The van der Waals surface area contributed by atoms with Gasteiger partial charge in [0.05, 0.1) is 18.3 Å².